The van der Waals surface area contributed by atoms with Gasteiger partial charge in [0.2, 0.25) is 0 Å². The summed E-state index contributed by atoms with van der Waals surface area (Å²) in [5.74, 6) is -2.05. The van der Waals surface area contributed by atoms with E-state index < -0.39 is 29.4 Å². The van der Waals surface area contributed by atoms with Crippen LogP contribution in [0.25, 0.3) is 0 Å². The van der Waals surface area contributed by atoms with Crippen molar-refractivity contribution in [3.63, 3.8) is 0 Å². The predicted molar refractivity (Wildman–Crippen MR) is 63.8 cm³/mol. The van der Waals surface area contributed by atoms with E-state index in [2.05, 4.69) is 5.32 Å². The summed E-state index contributed by atoms with van der Waals surface area (Å²) >= 11 is 0. The van der Waals surface area contributed by atoms with Crippen LogP contribution in [-0.4, -0.2) is 39.7 Å². The smallest absolute Gasteiger partial charge is 0.334 e. The van der Waals surface area contributed by atoms with E-state index in [4.69, 9.17) is 10.2 Å². The normalized spacial score (nSPS) is 11.7. The number of nitro groups is 1. The van der Waals surface area contributed by atoms with Gasteiger partial charge in [-0.25, -0.2) is 4.79 Å². The number of aryl methyl sites for hydroxylation is 1. The maximum atomic E-state index is 11.7. The molecular formula is C11H12N2O6. The van der Waals surface area contributed by atoms with Gasteiger partial charge in [-0.05, 0) is 18.6 Å². The maximum absolute atomic E-state index is 11.7. The van der Waals surface area contributed by atoms with Crippen molar-refractivity contribution in [3.8, 4) is 0 Å². The van der Waals surface area contributed by atoms with Crippen LogP contribution in [0.4, 0.5) is 5.69 Å². The number of hydrogen-bond donors (Lipinski definition) is 3. The van der Waals surface area contributed by atoms with Gasteiger partial charge in [0.15, 0.2) is 6.10 Å². The Morgan fingerprint density at radius 1 is 1.47 bits per heavy atom. The Kier molecular flexibility index (Phi) is 4.54. The number of aliphatic hydroxyl groups is 1. The Bertz CT molecular complexity index is 528. The Morgan fingerprint density at radius 3 is 2.58 bits per heavy atom. The van der Waals surface area contributed by atoms with Crippen LogP contribution in [0, 0.1) is 17.0 Å². The number of nitro benzene ring substituents is 1. The lowest BCUT2D eigenvalue weighted by atomic mass is 10.1. The van der Waals surface area contributed by atoms with Gasteiger partial charge in [0, 0.05) is 17.7 Å². The molecule has 0 heterocycles. The summed E-state index contributed by atoms with van der Waals surface area (Å²) in [7, 11) is 0. The molecule has 0 fully saturated rings. The first-order valence-electron chi connectivity index (χ1n) is 5.27. The molecule has 0 saturated carbocycles. The van der Waals surface area contributed by atoms with Gasteiger partial charge >= 0.3 is 5.97 Å². The Morgan fingerprint density at radius 2 is 2.11 bits per heavy atom. The molecule has 19 heavy (non-hydrogen) atoms. The SMILES string of the molecule is Cc1cc([N+](=O)[O-])ccc1C(=O)NCC(O)C(=O)O. The zero-order valence-corrected chi connectivity index (χ0v) is 9.99. The summed E-state index contributed by atoms with van der Waals surface area (Å²) in [6.45, 7) is 1.08. The van der Waals surface area contributed by atoms with Crippen LogP contribution in [-0.2, 0) is 4.79 Å². The summed E-state index contributed by atoms with van der Waals surface area (Å²) in [5.41, 5.74) is 0.430. The second-order valence-electron chi connectivity index (χ2n) is 3.82. The number of hydrogen-bond acceptors (Lipinski definition) is 5. The van der Waals surface area contributed by atoms with Crippen molar-refractivity contribution >= 4 is 17.6 Å². The monoisotopic (exact) mass is 268 g/mol. The molecule has 0 saturated heterocycles. The lowest BCUT2D eigenvalue weighted by Crippen LogP contribution is -2.36. The van der Waals surface area contributed by atoms with Crippen molar-refractivity contribution in [2.45, 2.75) is 13.0 Å². The minimum Gasteiger partial charge on any atom is -0.479 e. The second kappa shape index (κ2) is 5.91. The lowest BCUT2D eigenvalue weighted by molar-refractivity contribution is -0.384. The third-order valence-corrected chi connectivity index (χ3v) is 2.41. The average molecular weight is 268 g/mol. The number of carboxylic acids is 1. The summed E-state index contributed by atoms with van der Waals surface area (Å²) in [6.07, 6.45) is -1.69. The van der Waals surface area contributed by atoms with Crippen molar-refractivity contribution < 1.29 is 24.7 Å². The number of carbonyl (C=O) groups is 2. The highest BCUT2D eigenvalue weighted by Gasteiger charge is 2.17. The van der Waals surface area contributed by atoms with E-state index in [0.29, 0.717) is 5.56 Å². The summed E-state index contributed by atoms with van der Waals surface area (Å²) in [4.78, 5) is 32.0. The molecule has 8 nitrogen and oxygen atoms in total. The maximum Gasteiger partial charge on any atom is 0.334 e. The number of amides is 1. The van der Waals surface area contributed by atoms with Gasteiger partial charge in [-0.15, -0.1) is 0 Å². The molecule has 0 aliphatic carbocycles. The highest BCUT2D eigenvalue weighted by molar-refractivity contribution is 5.96. The highest BCUT2D eigenvalue weighted by atomic mass is 16.6. The van der Waals surface area contributed by atoms with E-state index in [-0.39, 0.29) is 11.3 Å². The lowest BCUT2D eigenvalue weighted by Gasteiger charge is -2.09. The van der Waals surface area contributed by atoms with Crippen molar-refractivity contribution in [3.05, 3.63) is 39.4 Å². The molecule has 1 aromatic rings. The zero-order valence-electron chi connectivity index (χ0n) is 9.99. The number of benzene rings is 1. The molecule has 0 spiro atoms. The van der Waals surface area contributed by atoms with Gasteiger partial charge < -0.3 is 15.5 Å². The Hall–Kier alpha value is -2.48. The van der Waals surface area contributed by atoms with Gasteiger partial charge in [0.05, 0.1) is 11.5 Å². The molecule has 0 aliphatic rings. The summed E-state index contributed by atoms with van der Waals surface area (Å²) in [6, 6.07) is 3.69. The first-order valence-corrected chi connectivity index (χ1v) is 5.27. The fourth-order valence-corrected chi connectivity index (χ4v) is 1.39. The fourth-order valence-electron chi connectivity index (χ4n) is 1.39. The molecule has 3 N–H and O–H groups in total. The fraction of sp³-hybridized carbons (Fsp3) is 0.273. The Balaban J connectivity index is 2.78. The molecular weight excluding hydrogens is 256 g/mol. The topological polar surface area (TPSA) is 130 Å². The molecule has 0 aromatic heterocycles. The minimum atomic E-state index is -1.69. The number of aliphatic carboxylic acids is 1. The molecule has 1 aromatic carbocycles. The van der Waals surface area contributed by atoms with E-state index in [1.807, 2.05) is 0 Å². The summed E-state index contributed by atoms with van der Waals surface area (Å²) < 4.78 is 0. The van der Waals surface area contributed by atoms with Crippen LogP contribution in [0.3, 0.4) is 0 Å². The van der Waals surface area contributed by atoms with Crippen molar-refractivity contribution in [1.29, 1.82) is 0 Å². The van der Waals surface area contributed by atoms with Gasteiger partial charge in [-0.3, -0.25) is 14.9 Å². The molecule has 102 valence electrons. The molecule has 1 amide bonds. The predicted octanol–water partition coefficient (Wildman–Crippen LogP) is 0.0785. The number of non-ortho nitro benzene ring substituents is 1. The molecule has 8 heteroatoms. The average Bonchev–Trinajstić information content (AvgIpc) is 2.34. The van der Waals surface area contributed by atoms with Crippen LogP contribution in [0.1, 0.15) is 15.9 Å². The Labute approximate surface area is 107 Å². The molecule has 0 aliphatic heterocycles. The number of nitrogens with one attached hydrogen (secondary N) is 1. The first kappa shape index (κ1) is 14.6. The van der Waals surface area contributed by atoms with Crippen LogP contribution in [0.5, 0.6) is 0 Å². The quantitative estimate of drug-likeness (QED) is 0.512. The largest absolute Gasteiger partial charge is 0.479 e. The number of carbonyl (C=O) groups excluding carboxylic acids is 1. The van der Waals surface area contributed by atoms with Gasteiger partial charge in [-0.2, -0.15) is 0 Å². The van der Waals surface area contributed by atoms with Gasteiger partial charge in [0.1, 0.15) is 0 Å². The molecule has 1 atom stereocenters. The van der Waals surface area contributed by atoms with Gasteiger partial charge in [0.25, 0.3) is 11.6 Å². The zero-order chi connectivity index (χ0) is 14.6. The summed E-state index contributed by atoms with van der Waals surface area (Å²) in [5, 5.41) is 30.2. The minimum absolute atomic E-state index is 0.139. The van der Waals surface area contributed by atoms with Crippen molar-refractivity contribution in [2.75, 3.05) is 6.54 Å². The van der Waals surface area contributed by atoms with Gasteiger partial charge in [-0.1, -0.05) is 0 Å². The third kappa shape index (κ3) is 3.75. The standard InChI is InChI=1S/C11H12N2O6/c1-6-4-7(13(18)19)2-3-8(6)10(15)12-5-9(14)11(16)17/h2-4,9,14H,5H2,1H3,(H,12,15)(H,16,17). The van der Waals surface area contributed by atoms with Crippen LogP contribution in [0.15, 0.2) is 18.2 Å². The van der Waals surface area contributed by atoms with Crippen LogP contribution in [0.2, 0.25) is 0 Å². The third-order valence-electron chi connectivity index (χ3n) is 2.41. The van der Waals surface area contributed by atoms with Crippen LogP contribution < -0.4 is 5.32 Å². The number of nitrogens with zero attached hydrogens (tertiary/aromatic N) is 1. The number of carboxylic acid groups (broad SMARTS) is 1. The second-order valence-corrected chi connectivity index (χ2v) is 3.82. The van der Waals surface area contributed by atoms with E-state index in [1.165, 1.54) is 25.1 Å². The van der Waals surface area contributed by atoms with E-state index >= 15 is 0 Å². The molecule has 0 bridgehead atoms. The number of rotatable bonds is 5. The van der Waals surface area contributed by atoms with Crippen LogP contribution >= 0.6 is 0 Å². The molecule has 1 unspecified atom stereocenters. The van der Waals surface area contributed by atoms with Crippen molar-refractivity contribution in [1.82, 2.24) is 5.32 Å². The van der Waals surface area contributed by atoms with E-state index in [0.717, 1.165) is 0 Å². The van der Waals surface area contributed by atoms with Crippen molar-refractivity contribution in [2.24, 2.45) is 0 Å². The molecule has 0 radical (unpaired) electrons. The highest BCUT2D eigenvalue weighted by Crippen LogP contribution is 2.16. The molecule has 1 rings (SSSR count). The van der Waals surface area contributed by atoms with E-state index in [1.54, 1.807) is 0 Å². The van der Waals surface area contributed by atoms with E-state index in [9.17, 15) is 19.7 Å². The first-order chi connectivity index (χ1) is 8.82. The number of aliphatic hydroxyl groups excluding tert-OH is 1.